The Morgan fingerprint density at radius 1 is 1.53 bits per heavy atom. The molecule has 1 aromatic rings. The van der Waals surface area contributed by atoms with Gasteiger partial charge >= 0.3 is 0 Å². The lowest BCUT2D eigenvalue weighted by Gasteiger charge is -2.21. The Bertz CT molecular complexity index is 344. The molecule has 1 saturated heterocycles. The van der Waals surface area contributed by atoms with Gasteiger partial charge in [0.05, 0.1) is 16.7 Å². The van der Waals surface area contributed by atoms with Crippen molar-refractivity contribution in [1.29, 1.82) is 0 Å². The maximum atomic E-state index is 4.79. The molecule has 3 unspecified atom stereocenters. The van der Waals surface area contributed by atoms with Gasteiger partial charge in [0.25, 0.3) is 0 Å². The van der Waals surface area contributed by atoms with Crippen molar-refractivity contribution in [3.05, 3.63) is 16.1 Å². The average molecular weight is 240 g/mol. The molecule has 1 aromatic heterocycles. The highest BCUT2D eigenvalue weighted by atomic mass is 32.2. The summed E-state index contributed by atoms with van der Waals surface area (Å²) in [6.45, 7) is 3.45. The maximum Gasteiger partial charge on any atom is 0.0962 e. The Kier molecular flexibility index (Phi) is 2.75. The van der Waals surface area contributed by atoms with Gasteiger partial charge in [0, 0.05) is 29.3 Å². The van der Waals surface area contributed by atoms with Crippen LogP contribution >= 0.6 is 23.1 Å². The van der Waals surface area contributed by atoms with E-state index in [0.29, 0.717) is 6.04 Å². The third-order valence-electron chi connectivity index (χ3n) is 3.25. The molecule has 1 N–H and O–H groups in total. The Morgan fingerprint density at radius 2 is 2.40 bits per heavy atom. The number of thiazole rings is 1. The van der Waals surface area contributed by atoms with E-state index in [-0.39, 0.29) is 0 Å². The van der Waals surface area contributed by atoms with Crippen molar-refractivity contribution in [2.75, 3.05) is 18.1 Å². The maximum absolute atomic E-state index is 4.79. The van der Waals surface area contributed by atoms with Crippen molar-refractivity contribution in [3.63, 3.8) is 0 Å². The van der Waals surface area contributed by atoms with Gasteiger partial charge in [-0.25, -0.2) is 4.98 Å². The molecule has 1 aliphatic heterocycles. The zero-order valence-electron chi connectivity index (χ0n) is 8.90. The first-order valence-corrected chi connectivity index (χ1v) is 7.64. The van der Waals surface area contributed by atoms with Crippen molar-refractivity contribution in [3.8, 4) is 0 Å². The number of thioether (sulfide) groups is 1. The molecule has 3 rings (SSSR count). The second kappa shape index (κ2) is 4.07. The molecule has 2 nitrogen and oxygen atoms in total. The van der Waals surface area contributed by atoms with Gasteiger partial charge in [-0.1, -0.05) is 6.92 Å². The van der Waals surface area contributed by atoms with Crippen molar-refractivity contribution in [2.24, 2.45) is 5.92 Å². The minimum atomic E-state index is 0.503. The minimum absolute atomic E-state index is 0.503. The summed E-state index contributed by atoms with van der Waals surface area (Å²) in [7, 11) is 0. The molecule has 2 aliphatic rings. The first kappa shape index (κ1) is 10.1. The van der Waals surface area contributed by atoms with Crippen LogP contribution in [0, 0.1) is 5.92 Å². The lowest BCUT2D eigenvalue weighted by Crippen LogP contribution is -2.30. The highest BCUT2D eigenvalue weighted by Gasteiger charge is 2.36. The number of rotatable bonds is 2. The van der Waals surface area contributed by atoms with Crippen molar-refractivity contribution in [1.82, 2.24) is 10.3 Å². The van der Waals surface area contributed by atoms with Gasteiger partial charge in [-0.2, -0.15) is 11.8 Å². The van der Waals surface area contributed by atoms with Crippen LogP contribution in [0.5, 0.6) is 0 Å². The van der Waals surface area contributed by atoms with E-state index in [1.165, 1.54) is 28.6 Å². The summed E-state index contributed by atoms with van der Waals surface area (Å²) < 4.78 is 0. The Hall–Kier alpha value is -0.0600. The van der Waals surface area contributed by atoms with Gasteiger partial charge in [-0.15, -0.1) is 11.3 Å². The monoisotopic (exact) mass is 240 g/mol. The van der Waals surface area contributed by atoms with E-state index in [1.807, 2.05) is 23.1 Å². The van der Waals surface area contributed by atoms with Crippen LogP contribution in [-0.4, -0.2) is 23.0 Å². The summed E-state index contributed by atoms with van der Waals surface area (Å²) in [5, 5.41) is 7.17. The fourth-order valence-corrected chi connectivity index (χ4v) is 4.13. The predicted molar refractivity (Wildman–Crippen MR) is 66.7 cm³/mol. The number of hydrogen-bond donors (Lipinski definition) is 1. The summed E-state index contributed by atoms with van der Waals surface area (Å²) in [6.07, 6.45) is 1.35. The Labute approximate surface area is 98.9 Å². The highest BCUT2D eigenvalue weighted by Crippen LogP contribution is 2.48. The van der Waals surface area contributed by atoms with E-state index in [9.17, 15) is 0 Å². The van der Waals surface area contributed by atoms with Gasteiger partial charge in [-0.05, 0) is 12.3 Å². The lowest BCUT2D eigenvalue weighted by atomic mass is 10.2. The Morgan fingerprint density at radius 3 is 3.07 bits per heavy atom. The molecule has 2 fully saturated rings. The van der Waals surface area contributed by atoms with E-state index in [4.69, 9.17) is 4.98 Å². The summed E-state index contributed by atoms with van der Waals surface area (Å²) in [5.41, 5.74) is 1.28. The normalized spacial score (nSPS) is 35.4. The standard InChI is InChI=1S/C11H16N2S2/c1-7-4-8(7)11-13-10(6-15-11)9-5-14-3-2-12-9/h6-9,12H,2-5H2,1H3. The van der Waals surface area contributed by atoms with Crippen LogP contribution in [0.2, 0.25) is 0 Å². The smallest absolute Gasteiger partial charge is 0.0962 e. The van der Waals surface area contributed by atoms with Crippen LogP contribution < -0.4 is 5.32 Å². The summed E-state index contributed by atoms with van der Waals surface area (Å²) in [4.78, 5) is 4.79. The third-order valence-corrected chi connectivity index (χ3v) is 5.30. The molecule has 1 aliphatic carbocycles. The number of nitrogens with one attached hydrogen (secondary N) is 1. The zero-order chi connectivity index (χ0) is 10.3. The quantitative estimate of drug-likeness (QED) is 0.860. The SMILES string of the molecule is CC1CC1c1nc(C2CSCCN2)cs1. The minimum Gasteiger partial charge on any atom is -0.307 e. The molecule has 82 valence electrons. The molecule has 15 heavy (non-hydrogen) atoms. The molecule has 0 amide bonds. The van der Waals surface area contributed by atoms with Crippen LogP contribution in [0.1, 0.15) is 36.0 Å². The molecule has 3 atom stereocenters. The summed E-state index contributed by atoms with van der Waals surface area (Å²) >= 11 is 3.89. The average Bonchev–Trinajstić information content (AvgIpc) is 2.83. The largest absolute Gasteiger partial charge is 0.307 e. The topological polar surface area (TPSA) is 24.9 Å². The van der Waals surface area contributed by atoms with E-state index in [0.717, 1.165) is 18.4 Å². The first-order chi connectivity index (χ1) is 7.34. The van der Waals surface area contributed by atoms with E-state index in [1.54, 1.807) is 0 Å². The molecule has 0 spiro atoms. The van der Waals surface area contributed by atoms with Crippen LogP contribution in [-0.2, 0) is 0 Å². The highest BCUT2D eigenvalue weighted by molar-refractivity contribution is 7.99. The van der Waals surface area contributed by atoms with Gasteiger partial charge in [0.15, 0.2) is 0 Å². The van der Waals surface area contributed by atoms with Crippen molar-refractivity contribution < 1.29 is 0 Å². The molecule has 1 saturated carbocycles. The molecule has 2 heterocycles. The second-order valence-electron chi connectivity index (χ2n) is 4.51. The Balaban J connectivity index is 1.72. The number of hydrogen-bond acceptors (Lipinski definition) is 4. The third kappa shape index (κ3) is 2.08. The molecular weight excluding hydrogens is 224 g/mol. The zero-order valence-corrected chi connectivity index (χ0v) is 10.5. The summed E-state index contributed by atoms with van der Waals surface area (Å²) in [6, 6.07) is 0.503. The fourth-order valence-electron chi connectivity index (χ4n) is 2.05. The van der Waals surface area contributed by atoms with Gasteiger partial charge in [0.2, 0.25) is 0 Å². The van der Waals surface area contributed by atoms with E-state index >= 15 is 0 Å². The molecule has 4 heteroatoms. The predicted octanol–water partition coefficient (Wildman–Crippen LogP) is 2.64. The van der Waals surface area contributed by atoms with Crippen LogP contribution in [0.3, 0.4) is 0 Å². The van der Waals surface area contributed by atoms with Crippen LogP contribution in [0.25, 0.3) is 0 Å². The fraction of sp³-hybridized carbons (Fsp3) is 0.727. The second-order valence-corrected chi connectivity index (χ2v) is 6.55. The summed E-state index contributed by atoms with van der Waals surface area (Å²) in [5.74, 6) is 4.08. The van der Waals surface area contributed by atoms with E-state index < -0.39 is 0 Å². The van der Waals surface area contributed by atoms with Gasteiger partial charge in [0.1, 0.15) is 0 Å². The lowest BCUT2D eigenvalue weighted by molar-refractivity contribution is 0.582. The molecule has 0 aromatic carbocycles. The van der Waals surface area contributed by atoms with Gasteiger partial charge in [-0.3, -0.25) is 0 Å². The van der Waals surface area contributed by atoms with Crippen molar-refractivity contribution >= 4 is 23.1 Å². The van der Waals surface area contributed by atoms with Crippen LogP contribution in [0.4, 0.5) is 0 Å². The van der Waals surface area contributed by atoms with Gasteiger partial charge < -0.3 is 5.32 Å². The van der Waals surface area contributed by atoms with Crippen molar-refractivity contribution in [2.45, 2.75) is 25.3 Å². The first-order valence-electron chi connectivity index (χ1n) is 5.61. The number of nitrogens with zero attached hydrogens (tertiary/aromatic N) is 1. The molecular formula is C11H16N2S2. The molecule has 0 radical (unpaired) electrons. The van der Waals surface area contributed by atoms with Crippen LogP contribution in [0.15, 0.2) is 5.38 Å². The molecule has 0 bridgehead atoms. The van der Waals surface area contributed by atoms with E-state index in [2.05, 4.69) is 17.6 Å². The number of aromatic nitrogens is 1.